The molecule has 1 fully saturated rings. The second kappa shape index (κ2) is 8.50. The zero-order valence-corrected chi connectivity index (χ0v) is 17.6. The van der Waals surface area contributed by atoms with Crippen molar-refractivity contribution in [2.75, 3.05) is 33.3 Å². The predicted molar refractivity (Wildman–Crippen MR) is 109 cm³/mol. The number of piperazine rings is 1. The quantitative estimate of drug-likeness (QED) is 0.588. The maximum atomic E-state index is 12.8. The summed E-state index contributed by atoms with van der Waals surface area (Å²) in [5.74, 6) is 1.70. The fourth-order valence-electron chi connectivity index (χ4n) is 3.39. The zero-order valence-electron chi connectivity index (χ0n) is 16.8. The SMILES string of the molecule is COc1ccc(-c2nnc(C(C)N3CCN(S(=O)(=O)c4cccnc4)CC3)o2)cc1. The van der Waals surface area contributed by atoms with Gasteiger partial charge in [-0.05, 0) is 43.3 Å². The van der Waals surface area contributed by atoms with Crippen LogP contribution >= 0.6 is 0 Å². The first-order valence-electron chi connectivity index (χ1n) is 9.61. The molecule has 1 aliphatic heterocycles. The Morgan fingerprint density at radius 3 is 2.43 bits per heavy atom. The Bertz CT molecular complexity index is 1080. The molecule has 3 aromatic rings. The van der Waals surface area contributed by atoms with E-state index in [4.69, 9.17) is 9.15 Å². The molecule has 1 unspecified atom stereocenters. The molecule has 4 rings (SSSR count). The van der Waals surface area contributed by atoms with Gasteiger partial charge in [0.1, 0.15) is 10.6 Å². The average molecular weight is 430 g/mol. The average Bonchev–Trinajstić information content (AvgIpc) is 3.29. The van der Waals surface area contributed by atoms with E-state index in [0.29, 0.717) is 38.0 Å². The first-order chi connectivity index (χ1) is 14.5. The van der Waals surface area contributed by atoms with Gasteiger partial charge < -0.3 is 9.15 Å². The fraction of sp³-hybridized carbons (Fsp3) is 0.350. The number of hydrogen-bond donors (Lipinski definition) is 0. The van der Waals surface area contributed by atoms with Crippen molar-refractivity contribution < 1.29 is 17.6 Å². The van der Waals surface area contributed by atoms with Gasteiger partial charge in [0.15, 0.2) is 0 Å². The smallest absolute Gasteiger partial charge is 0.247 e. The molecule has 0 radical (unpaired) electrons. The summed E-state index contributed by atoms with van der Waals surface area (Å²) in [7, 11) is -1.92. The van der Waals surface area contributed by atoms with Crippen LogP contribution in [0.25, 0.3) is 11.5 Å². The van der Waals surface area contributed by atoms with Crippen LogP contribution in [0.1, 0.15) is 18.9 Å². The molecule has 2 aromatic heterocycles. The molecule has 0 saturated carbocycles. The van der Waals surface area contributed by atoms with E-state index < -0.39 is 10.0 Å². The lowest BCUT2D eigenvalue weighted by atomic mass is 10.2. The molecule has 1 saturated heterocycles. The van der Waals surface area contributed by atoms with Crippen molar-refractivity contribution >= 4 is 10.0 Å². The normalized spacial score (nSPS) is 17.0. The number of nitrogens with zero attached hydrogens (tertiary/aromatic N) is 5. The third kappa shape index (κ3) is 4.07. The minimum atomic E-state index is -3.53. The number of aromatic nitrogens is 3. The number of methoxy groups -OCH3 is 1. The van der Waals surface area contributed by atoms with Gasteiger partial charge in [0.25, 0.3) is 0 Å². The van der Waals surface area contributed by atoms with Crippen molar-refractivity contribution in [3.8, 4) is 17.2 Å². The van der Waals surface area contributed by atoms with Crippen molar-refractivity contribution in [1.29, 1.82) is 0 Å². The molecule has 0 aliphatic carbocycles. The molecule has 158 valence electrons. The topological polar surface area (TPSA) is 102 Å². The molecule has 30 heavy (non-hydrogen) atoms. The van der Waals surface area contributed by atoms with Gasteiger partial charge in [-0.25, -0.2) is 8.42 Å². The van der Waals surface area contributed by atoms with Crippen molar-refractivity contribution in [3.05, 3.63) is 54.7 Å². The van der Waals surface area contributed by atoms with E-state index in [9.17, 15) is 8.42 Å². The molecule has 3 heterocycles. The molecule has 9 nitrogen and oxygen atoms in total. The van der Waals surface area contributed by atoms with Crippen LogP contribution in [-0.2, 0) is 10.0 Å². The second-order valence-electron chi connectivity index (χ2n) is 6.98. The van der Waals surface area contributed by atoms with E-state index in [1.165, 1.54) is 10.5 Å². The number of rotatable bonds is 6. The summed E-state index contributed by atoms with van der Waals surface area (Å²) < 4.78 is 38.0. The molecule has 0 spiro atoms. The molecule has 0 bridgehead atoms. The Morgan fingerprint density at radius 1 is 1.07 bits per heavy atom. The minimum absolute atomic E-state index is 0.118. The molecule has 1 atom stereocenters. The van der Waals surface area contributed by atoms with Crippen LogP contribution in [-0.4, -0.2) is 66.1 Å². The third-order valence-corrected chi connectivity index (χ3v) is 7.11. The van der Waals surface area contributed by atoms with Crippen molar-refractivity contribution in [2.45, 2.75) is 17.9 Å². The summed E-state index contributed by atoms with van der Waals surface area (Å²) in [5, 5.41) is 8.35. The van der Waals surface area contributed by atoms with Gasteiger partial charge in [-0.2, -0.15) is 4.31 Å². The van der Waals surface area contributed by atoms with E-state index in [1.54, 1.807) is 25.4 Å². The number of sulfonamides is 1. The minimum Gasteiger partial charge on any atom is -0.497 e. The fourth-order valence-corrected chi connectivity index (χ4v) is 4.78. The molecule has 1 aromatic carbocycles. The third-order valence-electron chi connectivity index (χ3n) is 5.23. The van der Waals surface area contributed by atoms with Gasteiger partial charge in [-0.15, -0.1) is 10.2 Å². The summed E-state index contributed by atoms with van der Waals surface area (Å²) in [5.41, 5.74) is 0.814. The van der Waals surface area contributed by atoms with Gasteiger partial charge >= 0.3 is 0 Å². The van der Waals surface area contributed by atoms with Gasteiger partial charge in [-0.1, -0.05) is 0 Å². The molecule has 0 amide bonds. The number of hydrogen-bond acceptors (Lipinski definition) is 8. The second-order valence-corrected chi connectivity index (χ2v) is 8.92. The van der Waals surface area contributed by atoms with Crippen LogP contribution in [0, 0.1) is 0 Å². The lowest BCUT2D eigenvalue weighted by Gasteiger charge is -2.36. The highest BCUT2D eigenvalue weighted by Crippen LogP contribution is 2.27. The molecular formula is C20H23N5O4S. The maximum absolute atomic E-state index is 12.8. The summed E-state index contributed by atoms with van der Waals surface area (Å²) >= 11 is 0. The molecular weight excluding hydrogens is 406 g/mol. The first kappa shape index (κ1) is 20.5. The van der Waals surface area contributed by atoms with E-state index in [1.807, 2.05) is 31.2 Å². The highest BCUT2D eigenvalue weighted by molar-refractivity contribution is 7.89. The standard InChI is InChI=1S/C20H23N5O4S/c1-15(19-22-23-20(29-19)16-5-7-17(28-2)8-6-16)24-10-12-25(13-11-24)30(26,27)18-4-3-9-21-14-18/h3-9,14-15H,10-13H2,1-2H3. The Morgan fingerprint density at radius 2 is 1.80 bits per heavy atom. The molecule has 1 aliphatic rings. The number of ether oxygens (including phenoxy) is 1. The lowest BCUT2D eigenvalue weighted by molar-refractivity contribution is 0.129. The van der Waals surface area contributed by atoms with Gasteiger partial charge in [0.2, 0.25) is 21.8 Å². The van der Waals surface area contributed by atoms with E-state index in [-0.39, 0.29) is 10.9 Å². The Hall–Kier alpha value is -2.82. The van der Waals surface area contributed by atoms with Gasteiger partial charge in [-0.3, -0.25) is 9.88 Å². The van der Waals surface area contributed by atoms with Crippen molar-refractivity contribution in [2.24, 2.45) is 0 Å². The first-order valence-corrected chi connectivity index (χ1v) is 11.0. The van der Waals surface area contributed by atoms with Crippen molar-refractivity contribution in [1.82, 2.24) is 24.4 Å². The van der Waals surface area contributed by atoms with E-state index in [2.05, 4.69) is 20.1 Å². The molecule has 0 N–H and O–H groups in total. The Balaban J connectivity index is 1.41. The van der Waals surface area contributed by atoms with Gasteiger partial charge in [0.05, 0.1) is 13.2 Å². The summed E-state index contributed by atoms with van der Waals surface area (Å²) in [6.45, 7) is 3.90. The van der Waals surface area contributed by atoms with E-state index in [0.717, 1.165) is 11.3 Å². The largest absolute Gasteiger partial charge is 0.497 e. The summed E-state index contributed by atoms with van der Waals surface area (Å²) in [6, 6.07) is 10.5. The Labute approximate surface area is 175 Å². The van der Waals surface area contributed by atoms with E-state index >= 15 is 0 Å². The van der Waals surface area contributed by atoms with Crippen LogP contribution in [0.4, 0.5) is 0 Å². The van der Waals surface area contributed by atoms with Crippen molar-refractivity contribution in [3.63, 3.8) is 0 Å². The zero-order chi connectivity index (χ0) is 21.1. The summed E-state index contributed by atoms with van der Waals surface area (Å²) in [4.78, 5) is 6.27. The number of benzene rings is 1. The lowest BCUT2D eigenvalue weighted by Crippen LogP contribution is -2.49. The monoisotopic (exact) mass is 429 g/mol. The molecule has 10 heteroatoms. The number of pyridine rings is 1. The predicted octanol–water partition coefficient (Wildman–Crippen LogP) is 2.21. The highest BCUT2D eigenvalue weighted by atomic mass is 32.2. The highest BCUT2D eigenvalue weighted by Gasteiger charge is 2.31. The van der Waals surface area contributed by atoms with Crippen LogP contribution in [0.3, 0.4) is 0 Å². The summed E-state index contributed by atoms with van der Waals surface area (Å²) in [6.07, 6.45) is 2.94. The Kier molecular flexibility index (Phi) is 5.80. The van der Waals surface area contributed by atoms with Crippen LogP contribution < -0.4 is 4.74 Å². The van der Waals surface area contributed by atoms with Crippen LogP contribution in [0.15, 0.2) is 58.1 Å². The van der Waals surface area contributed by atoms with Gasteiger partial charge in [0, 0.05) is 44.1 Å². The van der Waals surface area contributed by atoms with Crippen LogP contribution in [0.2, 0.25) is 0 Å². The van der Waals surface area contributed by atoms with Crippen LogP contribution in [0.5, 0.6) is 5.75 Å². The maximum Gasteiger partial charge on any atom is 0.247 e.